The average Bonchev–Trinajstić information content (AvgIpc) is 2.86. The SMILES string of the molecule is Cc1cc(C(=O)N(C)C(C)C(=O)O)nn1-c1ccc(Cl)cc1Cl. The van der Waals surface area contributed by atoms with Crippen molar-refractivity contribution in [2.24, 2.45) is 0 Å². The summed E-state index contributed by atoms with van der Waals surface area (Å²) in [6, 6.07) is 5.58. The summed E-state index contributed by atoms with van der Waals surface area (Å²) < 4.78 is 1.52. The number of aromatic nitrogens is 2. The Hall–Kier alpha value is -2.05. The van der Waals surface area contributed by atoms with Crippen LogP contribution in [0.5, 0.6) is 0 Å². The van der Waals surface area contributed by atoms with Crippen LogP contribution in [0.3, 0.4) is 0 Å². The van der Waals surface area contributed by atoms with Gasteiger partial charge in [0.2, 0.25) is 0 Å². The molecule has 0 radical (unpaired) electrons. The first-order valence-corrected chi connectivity index (χ1v) is 7.50. The highest BCUT2D eigenvalue weighted by atomic mass is 35.5. The molecule has 0 saturated heterocycles. The zero-order valence-corrected chi connectivity index (χ0v) is 14.3. The largest absolute Gasteiger partial charge is 0.480 e. The van der Waals surface area contributed by atoms with Gasteiger partial charge in [0.25, 0.3) is 5.91 Å². The zero-order valence-electron chi connectivity index (χ0n) is 12.7. The number of aryl methyl sites for hydroxylation is 1. The molecule has 2 rings (SSSR count). The Bertz CT molecular complexity index is 773. The third-order valence-electron chi connectivity index (χ3n) is 3.50. The number of likely N-dealkylation sites (N-methyl/N-ethyl adjacent to an activating group) is 1. The van der Waals surface area contributed by atoms with E-state index in [9.17, 15) is 9.59 Å². The summed E-state index contributed by atoms with van der Waals surface area (Å²) in [7, 11) is 1.42. The number of hydrogen-bond acceptors (Lipinski definition) is 3. The minimum absolute atomic E-state index is 0.143. The van der Waals surface area contributed by atoms with Crippen LogP contribution < -0.4 is 0 Å². The van der Waals surface area contributed by atoms with Crippen LogP contribution in [-0.2, 0) is 4.79 Å². The van der Waals surface area contributed by atoms with E-state index in [4.69, 9.17) is 28.3 Å². The van der Waals surface area contributed by atoms with Crippen LogP contribution in [-0.4, -0.2) is 44.8 Å². The Labute approximate surface area is 143 Å². The Kier molecular flexibility index (Phi) is 4.97. The van der Waals surface area contributed by atoms with Crippen LogP contribution >= 0.6 is 23.2 Å². The van der Waals surface area contributed by atoms with Crippen LogP contribution in [0.25, 0.3) is 5.69 Å². The molecular formula is C15H15Cl2N3O3. The number of rotatable bonds is 4. The van der Waals surface area contributed by atoms with E-state index in [-0.39, 0.29) is 5.69 Å². The molecule has 0 aliphatic carbocycles. The number of carboxylic acids is 1. The molecule has 8 heteroatoms. The summed E-state index contributed by atoms with van der Waals surface area (Å²) in [5.74, 6) is -1.57. The van der Waals surface area contributed by atoms with E-state index in [1.54, 1.807) is 31.2 Å². The van der Waals surface area contributed by atoms with E-state index in [2.05, 4.69) is 5.10 Å². The lowest BCUT2D eigenvalue weighted by molar-refractivity contribution is -0.141. The molecular weight excluding hydrogens is 341 g/mol. The predicted molar refractivity (Wildman–Crippen MR) is 87.5 cm³/mol. The maximum absolute atomic E-state index is 12.4. The topological polar surface area (TPSA) is 75.4 Å². The van der Waals surface area contributed by atoms with E-state index in [1.807, 2.05) is 0 Å². The van der Waals surface area contributed by atoms with Crippen molar-refractivity contribution >= 4 is 35.1 Å². The van der Waals surface area contributed by atoms with Crippen LogP contribution in [0.2, 0.25) is 10.0 Å². The molecule has 2 aromatic rings. The molecule has 0 aliphatic rings. The normalized spacial score (nSPS) is 12.0. The number of benzene rings is 1. The molecule has 0 saturated carbocycles. The quantitative estimate of drug-likeness (QED) is 0.914. The summed E-state index contributed by atoms with van der Waals surface area (Å²) in [6.45, 7) is 3.20. The van der Waals surface area contributed by atoms with Crippen molar-refractivity contribution in [3.05, 3.63) is 45.7 Å². The molecule has 1 heterocycles. The molecule has 1 aromatic carbocycles. The number of halogens is 2. The van der Waals surface area contributed by atoms with Gasteiger partial charge in [-0.2, -0.15) is 5.10 Å². The molecule has 122 valence electrons. The van der Waals surface area contributed by atoms with Crippen molar-refractivity contribution in [3.8, 4) is 5.69 Å². The first-order chi connectivity index (χ1) is 10.7. The minimum Gasteiger partial charge on any atom is -0.480 e. The van der Waals surface area contributed by atoms with Gasteiger partial charge < -0.3 is 10.0 Å². The highest BCUT2D eigenvalue weighted by molar-refractivity contribution is 6.35. The van der Waals surface area contributed by atoms with E-state index in [0.29, 0.717) is 21.4 Å². The molecule has 23 heavy (non-hydrogen) atoms. The monoisotopic (exact) mass is 355 g/mol. The van der Waals surface area contributed by atoms with E-state index in [1.165, 1.54) is 18.7 Å². The minimum atomic E-state index is -1.09. The molecule has 1 atom stereocenters. The molecule has 6 nitrogen and oxygen atoms in total. The summed E-state index contributed by atoms with van der Waals surface area (Å²) in [4.78, 5) is 24.5. The number of carbonyl (C=O) groups is 2. The Morgan fingerprint density at radius 2 is 1.96 bits per heavy atom. The summed E-state index contributed by atoms with van der Waals surface area (Å²) >= 11 is 12.0. The van der Waals surface area contributed by atoms with Gasteiger partial charge in [0.1, 0.15) is 6.04 Å². The Morgan fingerprint density at radius 1 is 1.30 bits per heavy atom. The molecule has 1 aromatic heterocycles. The van der Waals surface area contributed by atoms with Gasteiger partial charge in [0.05, 0.1) is 10.7 Å². The van der Waals surface area contributed by atoms with Crippen LogP contribution in [0.1, 0.15) is 23.1 Å². The second-order valence-corrected chi connectivity index (χ2v) is 5.95. The van der Waals surface area contributed by atoms with Crippen molar-refractivity contribution in [1.82, 2.24) is 14.7 Å². The third kappa shape index (κ3) is 3.48. The molecule has 0 bridgehead atoms. The van der Waals surface area contributed by atoms with Crippen molar-refractivity contribution in [2.45, 2.75) is 19.9 Å². The lowest BCUT2D eigenvalue weighted by atomic mass is 10.2. The van der Waals surface area contributed by atoms with Gasteiger partial charge in [0.15, 0.2) is 5.69 Å². The molecule has 1 N–H and O–H groups in total. The summed E-state index contributed by atoms with van der Waals surface area (Å²) in [6.07, 6.45) is 0. The average molecular weight is 356 g/mol. The molecule has 0 spiro atoms. The van der Waals surface area contributed by atoms with Gasteiger partial charge in [-0.1, -0.05) is 23.2 Å². The number of aliphatic carboxylic acids is 1. The summed E-state index contributed by atoms with van der Waals surface area (Å²) in [5.41, 5.74) is 1.42. The smallest absolute Gasteiger partial charge is 0.326 e. The fraction of sp³-hybridized carbons (Fsp3) is 0.267. The first-order valence-electron chi connectivity index (χ1n) is 6.74. The molecule has 1 amide bonds. The maximum atomic E-state index is 12.4. The third-order valence-corrected chi connectivity index (χ3v) is 4.04. The number of amides is 1. The van der Waals surface area contributed by atoms with Crippen molar-refractivity contribution in [2.75, 3.05) is 7.05 Å². The van der Waals surface area contributed by atoms with Gasteiger partial charge in [-0.05, 0) is 38.1 Å². The van der Waals surface area contributed by atoms with Crippen LogP contribution in [0, 0.1) is 6.92 Å². The number of nitrogens with zero attached hydrogens (tertiary/aromatic N) is 3. The number of carboxylic acid groups (broad SMARTS) is 1. The first kappa shape index (κ1) is 17.3. The highest BCUT2D eigenvalue weighted by Crippen LogP contribution is 2.25. The van der Waals surface area contributed by atoms with Gasteiger partial charge >= 0.3 is 5.97 Å². The summed E-state index contributed by atoms with van der Waals surface area (Å²) in [5, 5.41) is 14.1. The molecule has 1 unspecified atom stereocenters. The number of carbonyl (C=O) groups excluding carboxylic acids is 1. The lowest BCUT2D eigenvalue weighted by Crippen LogP contribution is -2.40. The Balaban J connectivity index is 2.38. The Morgan fingerprint density at radius 3 is 2.52 bits per heavy atom. The van der Waals surface area contributed by atoms with Crippen molar-refractivity contribution in [1.29, 1.82) is 0 Å². The molecule has 0 fully saturated rings. The fourth-order valence-electron chi connectivity index (χ4n) is 2.00. The van der Waals surface area contributed by atoms with E-state index >= 15 is 0 Å². The maximum Gasteiger partial charge on any atom is 0.326 e. The predicted octanol–water partition coefficient (Wildman–Crippen LogP) is 3.03. The van der Waals surface area contributed by atoms with Crippen LogP contribution in [0.15, 0.2) is 24.3 Å². The van der Waals surface area contributed by atoms with Crippen LogP contribution in [0.4, 0.5) is 0 Å². The fourth-order valence-corrected chi connectivity index (χ4v) is 2.49. The van der Waals surface area contributed by atoms with Gasteiger partial charge in [0, 0.05) is 17.8 Å². The zero-order chi connectivity index (χ0) is 17.3. The van der Waals surface area contributed by atoms with Gasteiger partial charge in [-0.3, -0.25) is 4.79 Å². The second kappa shape index (κ2) is 6.60. The van der Waals surface area contributed by atoms with Gasteiger partial charge in [-0.25, -0.2) is 9.48 Å². The van der Waals surface area contributed by atoms with Crippen molar-refractivity contribution in [3.63, 3.8) is 0 Å². The van der Waals surface area contributed by atoms with Gasteiger partial charge in [-0.15, -0.1) is 0 Å². The van der Waals surface area contributed by atoms with E-state index < -0.39 is 17.9 Å². The van der Waals surface area contributed by atoms with Crippen molar-refractivity contribution < 1.29 is 14.7 Å². The molecule has 0 aliphatic heterocycles. The second-order valence-electron chi connectivity index (χ2n) is 5.11. The van der Waals surface area contributed by atoms with E-state index in [0.717, 1.165) is 4.90 Å². The standard InChI is InChI=1S/C15H15Cl2N3O3/c1-8-6-12(14(21)19(3)9(2)15(22)23)18-20(8)13-5-4-10(16)7-11(13)17/h4-7,9H,1-3H3,(H,22,23). The number of hydrogen-bond donors (Lipinski definition) is 1. The lowest BCUT2D eigenvalue weighted by Gasteiger charge is -2.20. The highest BCUT2D eigenvalue weighted by Gasteiger charge is 2.25.